The SMILES string of the molecule is CCC(C)CNc1cc(C(N)=O)ccc1F. The molecule has 1 amide bonds. The Morgan fingerprint density at radius 1 is 1.56 bits per heavy atom. The number of carbonyl (C=O) groups excluding carboxylic acids is 1. The lowest BCUT2D eigenvalue weighted by Gasteiger charge is -2.12. The van der Waals surface area contributed by atoms with Gasteiger partial charge in [0.25, 0.3) is 0 Å². The Balaban J connectivity index is 2.78. The van der Waals surface area contributed by atoms with E-state index in [0.717, 1.165) is 6.42 Å². The van der Waals surface area contributed by atoms with Crippen molar-refractivity contribution in [3.63, 3.8) is 0 Å². The molecule has 16 heavy (non-hydrogen) atoms. The molecule has 1 rings (SSSR count). The molecule has 88 valence electrons. The number of rotatable bonds is 5. The lowest BCUT2D eigenvalue weighted by molar-refractivity contribution is 0.100. The molecule has 0 heterocycles. The van der Waals surface area contributed by atoms with Crippen molar-refractivity contribution >= 4 is 11.6 Å². The largest absolute Gasteiger partial charge is 0.382 e. The fourth-order valence-corrected chi connectivity index (χ4v) is 1.24. The molecule has 0 saturated carbocycles. The third kappa shape index (κ3) is 3.22. The van der Waals surface area contributed by atoms with Crippen molar-refractivity contribution in [2.75, 3.05) is 11.9 Å². The molecule has 0 spiro atoms. The van der Waals surface area contributed by atoms with Crippen molar-refractivity contribution in [3.05, 3.63) is 29.6 Å². The smallest absolute Gasteiger partial charge is 0.248 e. The van der Waals surface area contributed by atoms with E-state index >= 15 is 0 Å². The van der Waals surface area contributed by atoms with Gasteiger partial charge in [0.1, 0.15) is 5.82 Å². The van der Waals surface area contributed by atoms with Crippen molar-refractivity contribution in [3.8, 4) is 0 Å². The molecular formula is C12H17FN2O. The van der Waals surface area contributed by atoms with Crippen LogP contribution in [0.3, 0.4) is 0 Å². The molecule has 0 aliphatic rings. The molecule has 0 aromatic heterocycles. The number of benzene rings is 1. The van der Waals surface area contributed by atoms with Crippen LogP contribution < -0.4 is 11.1 Å². The standard InChI is InChI=1S/C12H17FN2O/c1-3-8(2)7-15-11-6-9(12(14)16)4-5-10(11)13/h4-6,8,15H,3,7H2,1-2H3,(H2,14,16). The van der Waals surface area contributed by atoms with E-state index in [0.29, 0.717) is 23.7 Å². The van der Waals surface area contributed by atoms with E-state index in [9.17, 15) is 9.18 Å². The molecule has 0 aliphatic heterocycles. The highest BCUT2D eigenvalue weighted by atomic mass is 19.1. The minimum absolute atomic E-state index is 0.313. The van der Waals surface area contributed by atoms with Crippen LogP contribution in [0.4, 0.5) is 10.1 Å². The summed E-state index contributed by atoms with van der Waals surface area (Å²) in [6.45, 7) is 4.82. The maximum absolute atomic E-state index is 13.4. The number of primary amides is 1. The fourth-order valence-electron chi connectivity index (χ4n) is 1.24. The molecule has 0 saturated heterocycles. The zero-order chi connectivity index (χ0) is 12.1. The molecule has 0 bridgehead atoms. The zero-order valence-corrected chi connectivity index (χ0v) is 9.59. The summed E-state index contributed by atoms with van der Waals surface area (Å²) in [5, 5.41) is 2.98. The van der Waals surface area contributed by atoms with Crippen LogP contribution in [0.25, 0.3) is 0 Å². The molecule has 0 aliphatic carbocycles. The van der Waals surface area contributed by atoms with Crippen molar-refractivity contribution in [2.45, 2.75) is 20.3 Å². The predicted octanol–water partition coefficient (Wildman–Crippen LogP) is 2.38. The third-order valence-electron chi connectivity index (χ3n) is 2.59. The molecule has 1 unspecified atom stereocenters. The summed E-state index contributed by atoms with van der Waals surface area (Å²) in [5.41, 5.74) is 5.77. The summed E-state index contributed by atoms with van der Waals surface area (Å²) in [5.74, 6) is -0.462. The lowest BCUT2D eigenvalue weighted by Crippen LogP contribution is -2.14. The number of hydrogen-bond donors (Lipinski definition) is 2. The number of carbonyl (C=O) groups is 1. The van der Waals surface area contributed by atoms with Gasteiger partial charge in [0.2, 0.25) is 5.91 Å². The predicted molar refractivity (Wildman–Crippen MR) is 62.9 cm³/mol. The van der Waals surface area contributed by atoms with Crippen LogP contribution in [0.2, 0.25) is 0 Å². The van der Waals surface area contributed by atoms with Crippen LogP contribution in [-0.2, 0) is 0 Å². The fraction of sp³-hybridized carbons (Fsp3) is 0.417. The summed E-state index contributed by atoms with van der Waals surface area (Å²) in [7, 11) is 0. The van der Waals surface area contributed by atoms with Gasteiger partial charge < -0.3 is 11.1 Å². The Morgan fingerprint density at radius 3 is 2.81 bits per heavy atom. The molecule has 0 radical (unpaired) electrons. The van der Waals surface area contributed by atoms with Crippen LogP contribution in [-0.4, -0.2) is 12.5 Å². The van der Waals surface area contributed by atoms with Gasteiger partial charge in [-0.3, -0.25) is 4.79 Å². The van der Waals surface area contributed by atoms with Crippen molar-refractivity contribution in [1.29, 1.82) is 0 Å². The number of hydrogen-bond acceptors (Lipinski definition) is 2. The molecule has 1 aromatic rings. The summed E-state index contributed by atoms with van der Waals surface area (Å²) in [6.07, 6.45) is 1.02. The van der Waals surface area contributed by atoms with E-state index < -0.39 is 5.91 Å². The number of halogens is 1. The minimum Gasteiger partial charge on any atom is -0.382 e. The Bertz CT molecular complexity index is 379. The van der Waals surface area contributed by atoms with Gasteiger partial charge in [-0.15, -0.1) is 0 Å². The summed E-state index contributed by atoms with van der Waals surface area (Å²) < 4.78 is 13.4. The maximum Gasteiger partial charge on any atom is 0.248 e. The Morgan fingerprint density at radius 2 is 2.25 bits per heavy atom. The first-order valence-corrected chi connectivity index (χ1v) is 5.37. The number of amides is 1. The van der Waals surface area contributed by atoms with Gasteiger partial charge >= 0.3 is 0 Å². The highest BCUT2D eigenvalue weighted by Crippen LogP contribution is 2.16. The molecule has 4 heteroatoms. The quantitative estimate of drug-likeness (QED) is 0.806. The van der Waals surface area contributed by atoms with Crippen LogP contribution in [0.1, 0.15) is 30.6 Å². The Labute approximate surface area is 94.8 Å². The number of anilines is 1. The van der Waals surface area contributed by atoms with E-state index in [1.54, 1.807) is 0 Å². The monoisotopic (exact) mass is 224 g/mol. The first kappa shape index (κ1) is 12.5. The average Bonchev–Trinajstić information content (AvgIpc) is 2.27. The number of nitrogens with two attached hydrogens (primary N) is 1. The van der Waals surface area contributed by atoms with Crippen LogP contribution in [0, 0.1) is 11.7 Å². The van der Waals surface area contributed by atoms with Gasteiger partial charge in [0.05, 0.1) is 5.69 Å². The van der Waals surface area contributed by atoms with E-state index in [-0.39, 0.29) is 5.82 Å². The topological polar surface area (TPSA) is 55.1 Å². The van der Waals surface area contributed by atoms with Crippen molar-refractivity contribution in [1.82, 2.24) is 0 Å². The van der Waals surface area contributed by atoms with Gasteiger partial charge in [-0.25, -0.2) is 4.39 Å². The van der Waals surface area contributed by atoms with Crippen LogP contribution in [0.5, 0.6) is 0 Å². The summed E-state index contributed by atoms with van der Waals surface area (Å²) in [4.78, 5) is 10.9. The zero-order valence-electron chi connectivity index (χ0n) is 9.59. The third-order valence-corrected chi connectivity index (χ3v) is 2.59. The Hall–Kier alpha value is -1.58. The first-order chi connectivity index (χ1) is 7.54. The number of nitrogens with one attached hydrogen (secondary N) is 1. The van der Waals surface area contributed by atoms with E-state index in [1.165, 1.54) is 18.2 Å². The molecule has 0 fully saturated rings. The van der Waals surface area contributed by atoms with Crippen LogP contribution >= 0.6 is 0 Å². The van der Waals surface area contributed by atoms with E-state index in [2.05, 4.69) is 19.2 Å². The highest BCUT2D eigenvalue weighted by molar-refractivity contribution is 5.93. The van der Waals surface area contributed by atoms with Gasteiger partial charge in [0.15, 0.2) is 0 Å². The molecule has 1 aromatic carbocycles. The average molecular weight is 224 g/mol. The molecule has 1 atom stereocenters. The summed E-state index contributed by atoms with van der Waals surface area (Å²) in [6, 6.07) is 4.07. The normalized spacial score (nSPS) is 12.2. The Kier molecular flexibility index (Phi) is 4.28. The first-order valence-electron chi connectivity index (χ1n) is 5.37. The van der Waals surface area contributed by atoms with Gasteiger partial charge in [-0.05, 0) is 24.1 Å². The molecule has 3 nitrogen and oxygen atoms in total. The second-order valence-corrected chi connectivity index (χ2v) is 3.95. The lowest BCUT2D eigenvalue weighted by atomic mass is 10.1. The van der Waals surface area contributed by atoms with Gasteiger partial charge in [-0.1, -0.05) is 20.3 Å². The van der Waals surface area contributed by atoms with Gasteiger partial charge in [0, 0.05) is 12.1 Å². The van der Waals surface area contributed by atoms with Gasteiger partial charge in [-0.2, -0.15) is 0 Å². The second-order valence-electron chi connectivity index (χ2n) is 3.95. The second kappa shape index (κ2) is 5.49. The highest BCUT2D eigenvalue weighted by Gasteiger charge is 2.07. The summed E-state index contributed by atoms with van der Waals surface area (Å²) >= 11 is 0. The van der Waals surface area contributed by atoms with E-state index in [1.807, 2.05) is 0 Å². The van der Waals surface area contributed by atoms with Crippen molar-refractivity contribution in [2.24, 2.45) is 11.7 Å². The molecular weight excluding hydrogens is 207 g/mol. The minimum atomic E-state index is -0.549. The van der Waals surface area contributed by atoms with Crippen molar-refractivity contribution < 1.29 is 9.18 Å². The van der Waals surface area contributed by atoms with E-state index in [4.69, 9.17) is 5.73 Å². The molecule has 3 N–H and O–H groups in total. The maximum atomic E-state index is 13.4. The van der Waals surface area contributed by atoms with Crippen LogP contribution in [0.15, 0.2) is 18.2 Å².